The second-order valence-corrected chi connectivity index (χ2v) is 1.61. The van der Waals surface area contributed by atoms with Crippen molar-refractivity contribution in [3.63, 3.8) is 0 Å². The maximum atomic E-state index is 3.63. The van der Waals surface area contributed by atoms with E-state index in [1.54, 1.807) is 0 Å². The van der Waals surface area contributed by atoms with Gasteiger partial charge in [-0.3, -0.25) is 0 Å². The monoisotopic (exact) mass is 288 g/mol. The summed E-state index contributed by atoms with van der Waals surface area (Å²) in [5.41, 5.74) is 1.17. The molecular formula is C8H8W. The second-order valence-electron chi connectivity index (χ2n) is 1.61. The van der Waals surface area contributed by atoms with Crippen LogP contribution in [0.4, 0.5) is 0 Å². The molecule has 0 atom stereocenters. The molecule has 0 fully saturated rings. The van der Waals surface area contributed by atoms with E-state index in [9.17, 15) is 0 Å². The first kappa shape index (κ1) is 8.65. The minimum atomic E-state index is 0. The topological polar surface area (TPSA) is 0 Å². The van der Waals surface area contributed by atoms with Gasteiger partial charge in [-0.05, 0) is 5.56 Å². The van der Waals surface area contributed by atoms with Crippen molar-refractivity contribution >= 4 is 6.08 Å². The van der Waals surface area contributed by atoms with Crippen LogP contribution in [-0.4, -0.2) is 0 Å². The van der Waals surface area contributed by atoms with Gasteiger partial charge in [0.15, 0.2) is 0 Å². The summed E-state index contributed by atoms with van der Waals surface area (Å²) in [6.45, 7) is 3.63. The van der Waals surface area contributed by atoms with Gasteiger partial charge in [-0.1, -0.05) is 43.0 Å². The van der Waals surface area contributed by atoms with Gasteiger partial charge in [0, 0.05) is 21.1 Å². The van der Waals surface area contributed by atoms with Gasteiger partial charge < -0.3 is 0 Å². The molecule has 0 saturated carbocycles. The Labute approximate surface area is 69.9 Å². The van der Waals surface area contributed by atoms with Crippen LogP contribution in [0.15, 0.2) is 36.9 Å². The molecule has 1 aromatic rings. The Morgan fingerprint density at radius 2 is 1.67 bits per heavy atom. The van der Waals surface area contributed by atoms with E-state index in [1.807, 2.05) is 36.4 Å². The normalized spacial score (nSPS) is 7.56. The molecule has 1 heteroatoms. The van der Waals surface area contributed by atoms with Crippen LogP contribution in [-0.2, 0) is 21.1 Å². The van der Waals surface area contributed by atoms with Crippen molar-refractivity contribution in [1.29, 1.82) is 0 Å². The first-order valence-electron chi connectivity index (χ1n) is 2.61. The quantitative estimate of drug-likeness (QED) is 0.744. The maximum Gasteiger partial charge on any atom is 0 e. The van der Waals surface area contributed by atoms with Crippen LogP contribution in [0.1, 0.15) is 5.56 Å². The molecule has 0 saturated heterocycles. The van der Waals surface area contributed by atoms with Crippen molar-refractivity contribution in [1.82, 2.24) is 0 Å². The predicted molar refractivity (Wildman–Crippen MR) is 36.5 cm³/mol. The van der Waals surface area contributed by atoms with Crippen LogP contribution < -0.4 is 0 Å². The van der Waals surface area contributed by atoms with Gasteiger partial charge >= 0.3 is 0 Å². The molecule has 1 aromatic carbocycles. The van der Waals surface area contributed by atoms with E-state index in [2.05, 4.69) is 6.58 Å². The van der Waals surface area contributed by atoms with Crippen LogP contribution in [0.25, 0.3) is 6.08 Å². The number of benzene rings is 1. The molecule has 46 valence electrons. The van der Waals surface area contributed by atoms with E-state index in [0.29, 0.717) is 0 Å². The molecule has 0 amide bonds. The molecule has 0 aliphatic rings. The van der Waals surface area contributed by atoms with Crippen molar-refractivity contribution < 1.29 is 21.1 Å². The zero-order chi connectivity index (χ0) is 5.82. The van der Waals surface area contributed by atoms with E-state index < -0.39 is 0 Å². The molecule has 1 rings (SSSR count). The van der Waals surface area contributed by atoms with E-state index in [4.69, 9.17) is 0 Å². The SMILES string of the molecule is C=Cc1ccccc1.[W]. The zero-order valence-corrected chi connectivity index (χ0v) is 8.01. The molecule has 0 heterocycles. The van der Waals surface area contributed by atoms with E-state index >= 15 is 0 Å². The van der Waals surface area contributed by atoms with Crippen LogP contribution in [0.3, 0.4) is 0 Å². The molecular weight excluding hydrogens is 280 g/mol. The average molecular weight is 288 g/mol. The van der Waals surface area contributed by atoms with Gasteiger partial charge in [-0.2, -0.15) is 0 Å². The summed E-state index contributed by atoms with van der Waals surface area (Å²) < 4.78 is 0. The number of hydrogen-bond acceptors (Lipinski definition) is 0. The summed E-state index contributed by atoms with van der Waals surface area (Å²) in [5, 5.41) is 0. The Kier molecular flexibility index (Phi) is 4.34. The van der Waals surface area contributed by atoms with Crippen LogP contribution in [0.5, 0.6) is 0 Å². The third kappa shape index (κ3) is 2.62. The molecule has 0 bridgehead atoms. The standard InChI is InChI=1S/C8H8.W/c1-2-8-6-4-3-5-7-8;/h2-7H,1H2;. The van der Waals surface area contributed by atoms with Gasteiger partial charge in [-0.25, -0.2) is 0 Å². The Morgan fingerprint density at radius 1 is 1.11 bits per heavy atom. The Bertz CT molecular complexity index is 167. The third-order valence-corrected chi connectivity index (χ3v) is 1.04. The zero-order valence-electron chi connectivity index (χ0n) is 5.08. The Balaban J connectivity index is 0.000000640. The largest absolute Gasteiger partial charge is 0.0985 e. The summed E-state index contributed by atoms with van der Waals surface area (Å²) in [5.74, 6) is 0. The smallest absolute Gasteiger partial charge is 0 e. The first-order valence-corrected chi connectivity index (χ1v) is 2.61. The Hall–Kier alpha value is -0.352. The molecule has 0 aromatic heterocycles. The third-order valence-electron chi connectivity index (χ3n) is 1.04. The first-order chi connectivity index (χ1) is 3.93. The molecule has 0 aliphatic heterocycles. The van der Waals surface area contributed by atoms with Gasteiger partial charge in [0.1, 0.15) is 0 Å². The van der Waals surface area contributed by atoms with E-state index in [1.165, 1.54) is 5.56 Å². The van der Waals surface area contributed by atoms with Crippen molar-refractivity contribution in [3.05, 3.63) is 42.5 Å². The van der Waals surface area contributed by atoms with E-state index in [-0.39, 0.29) is 21.1 Å². The van der Waals surface area contributed by atoms with E-state index in [0.717, 1.165) is 0 Å². The van der Waals surface area contributed by atoms with Crippen molar-refractivity contribution in [2.24, 2.45) is 0 Å². The predicted octanol–water partition coefficient (Wildman–Crippen LogP) is 2.33. The molecule has 0 N–H and O–H groups in total. The Morgan fingerprint density at radius 3 is 2.00 bits per heavy atom. The molecule has 0 spiro atoms. The van der Waals surface area contributed by atoms with Crippen LogP contribution in [0, 0.1) is 0 Å². The van der Waals surface area contributed by atoms with Gasteiger partial charge in [-0.15, -0.1) is 0 Å². The summed E-state index contributed by atoms with van der Waals surface area (Å²) >= 11 is 0. The van der Waals surface area contributed by atoms with Crippen molar-refractivity contribution in [2.75, 3.05) is 0 Å². The van der Waals surface area contributed by atoms with Crippen molar-refractivity contribution in [3.8, 4) is 0 Å². The summed E-state index contributed by atoms with van der Waals surface area (Å²) in [4.78, 5) is 0. The second kappa shape index (κ2) is 4.52. The number of hydrogen-bond donors (Lipinski definition) is 0. The molecule has 0 nitrogen and oxygen atoms in total. The molecule has 0 unspecified atom stereocenters. The van der Waals surface area contributed by atoms with Gasteiger partial charge in [0.05, 0.1) is 0 Å². The minimum Gasteiger partial charge on any atom is -0.0985 e. The fraction of sp³-hybridized carbons (Fsp3) is 0. The molecule has 9 heavy (non-hydrogen) atoms. The fourth-order valence-corrected chi connectivity index (χ4v) is 0.589. The van der Waals surface area contributed by atoms with Crippen molar-refractivity contribution in [2.45, 2.75) is 0 Å². The van der Waals surface area contributed by atoms with Gasteiger partial charge in [0.25, 0.3) is 0 Å². The summed E-state index contributed by atoms with van der Waals surface area (Å²) in [6.07, 6.45) is 1.83. The number of rotatable bonds is 1. The molecule has 0 aliphatic carbocycles. The summed E-state index contributed by atoms with van der Waals surface area (Å²) in [7, 11) is 0. The van der Waals surface area contributed by atoms with Crippen LogP contribution >= 0.6 is 0 Å². The summed E-state index contributed by atoms with van der Waals surface area (Å²) in [6, 6.07) is 10.0. The minimum absolute atomic E-state index is 0. The van der Waals surface area contributed by atoms with Gasteiger partial charge in [0.2, 0.25) is 0 Å². The molecule has 0 radical (unpaired) electrons. The average Bonchev–Trinajstić information content (AvgIpc) is 1.90. The fourth-order valence-electron chi connectivity index (χ4n) is 0.589. The maximum absolute atomic E-state index is 3.63. The van der Waals surface area contributed by atoms with Crippen LogP contribution in [0.2, 0.25) is 0 Å².